The SMILES string of the molecule is CC(C)COC(=O)c1ccc(N=Cc2c(O)c3ccccc3oc2=O)cc1. The first-order valence-electron chi connectivity index (χ1n) is 8.52. The first kappa shape index (κ1) is 18.4. The molecule has 6 nitrogen and oxygen atoms in total. The summed E-state index contributed by atoms with van der Waals surface area (Å²) < 4.78 is 10.4. The maximum absolute atomic E-state index is 12.1. The molecule has 0 fully saturated rings. The van der Waals surface area contributed by atoms with Crippen LogP contribution >= 0.6 is 0 Å². The largest absolute Gasteiger partial charge is 0.506 e. The van der Waals surface area contributed by atoms with Crippen LogP contribution in [0.4, 0.5) is 5.69 Å². The molecule has 27 heavy (non-hydrogen) atoms. The van der Waals surface area contributed by atoms with E-state index >= 15 is 0 Å². The monoisotopic (exact) mass is 365 g/mol. The van der Waals surface area contributed by atoms with E-state index in [0.29, 0.717) is 28.8 Å². The molecule has 1 N–H and O–H groups in total. The maximum atomic E-state index is 12.1. The molecule has 0 saturated heterocycles. The van der Waals surface area contributed by atoms with Gasteiger partial charge in [0.15, 0.2) is 0 Å². The Balaban J connectivity index is 1.81. The van der Waals surface area contributed by atoms with E-state index in [0.717, 1.165) is 0 Å². The number of rotatable bonds is 5. The summed E-state index contributed by atoms with van der Waals surface area (Å²) in [7, 11) is 0. The maximum Gasteiger partial charge on any atom is 0.348 e. The van der Waals surface area contributed by atoms with Crippen molar-refractivity contribution in [2.75, 3.05) is 6.61 Å². The minimum atomic E-state index is -0.677. The summed E-state index contributed by atoms with van der Waals surface area (Å²) in [5.74, 6) is -0.314. The highest BCUT2D eigenvalue weighted by Crippen LogP contribution is 2.25. The van der Waals surface area contributed by atoms with Crippen LogP contribution < -0.4 is 5.63 Å². The standard InChI is InChI=1S/C21H19NO5/c1-13(2)12-26-20(24)14-7-9-15(10-8-14)22-11-17-19(23)16-5-3-4-6-18(16)27-21(17)25/h3-11,13,23H,12H2,1-2H3. The Bertz CT molecular complexity index is 1050. The van der Waals surface area contributed by atoms with Crippen LogP contribution in [-0.2, 0) is 4.74 Å². The van der Waals surface area contributed by atoms with Crippen LogP contribution in [0.15, 0.2) is 62.7 Å². The summed E-state index contributed by atoms with van der Waals surface area (Å²) in [6, 6.07) is 13.2. The Kier molecular flexibility index (Phi) is 5.35. The van der Waals surface area contributed by atoms with E-state index in [2.05, 4.69) is 4.99 Å². The lowest BCUT2D eigenvalue weighted by Gasteiger charge is -2.07. The molecule has 0 bridgehead atoms. The Hall–Kier alpha value is -3.41. The van der Waals surface area contributed by atoms with E-state index in [4.69, 9.17) is 9.15 Å². The Morgan fingerprint density at radius 1 is 1.19 bits per heavy atom. The predicted molar refractivity (Wildman–Crippen MR) is 103 cm³/mol. The van der Waals surface area contributed by atoms with E-state index in [1.54, 1.807) is 48.5 Å². The molecule has 1 aromatic heterocycles. The summed E-state index contributed by atoms with van der Waals surface area (Å²) >= 11 is 0. The number of esters is 1. The number of hydrogen-bond donors (Lipinski definition) is 1. The normalized spacial score (nSPS) is 11.4. The van der Waals surface area contributed by atoms with Crippen molar-refractivity contribution in [2.45, 2.75) is 13.8 Å². The molecule has 6 heteroatoms. The van der Waals surface area contributed by atoms with Gasteiger partial charge >= 0.3 is 11.6 Å². The van der Waals surface area contributed by atoms with E-state index in [-0.39, 0.29) is 17.2 Å². The third kappa shape index (κ3) is 4.23. The number of nitrogens with zero attached hydrogens (tertiary/aromatic N) is 1. The molecular formula is C21H19NO5. The highest BCUT2D eigenvalue weighted by Gasteiger charge is 2.12. The van der Waals surface area contributed by atoms with E-state index in [1.807, 2.05) is 13.8 Å². The van der Waals surface area contributed by atoms with Crippen molar-refractivity contribution in [1.82, 2.24) is 0 Å². The highest BCUT2D eigenvalue weighted by molar-refractivity contribution is 5.94. The highest BCUT2D eigenvalue weighted by atomic mass is 16.5. The second kappa shape index (κ2) is 7.86. The molecule has 138 valence electrons. The number of aromatic hydroxyl groups is 1. The predicted octanol–water partition coefficient (Wildman–Crippen LogP) is 4.06. The zero-order valence-corrected chi connectivity index (χ0v) is 15.0. The lowest BCUT2D eigenvalue weighted by molar-refractivity contribution is 0.0459. The summed E-state index contributed by atoms with van der Waals surface area (Å²) in [5, 5.41) is 10.7. The average molecular weight is 365 g/mol. The Morgan fingerprint density at radius 2 is 1.89 bits per heavy atom. The number of benzene rings is 2. The van der Waals surface area contributed by atoms with Crippen molar-refractivity contribution in [1.29, 1.82) is 0 Å². The van der Waals surface area contributed by atoms with Crippen molar-refractivity contribution in [2.24, 2.45) is 10.9 Å². The van der Waals surface area contributed by atoms with Gasteiger partial charge in [-0.1, -0.05) is 26.0 Å². The van der Waals surface area contributed by atoms with Crippen molar-refractivity contribution in [3.8, 4) is 5.75 Å². The lowest BCUT2D eigenvalue weighted by atomic mass is 10.1. The van der Waals surface area contributed by atoms with Crippen molar-refractivity contribution >= 4 is 28.8 Å². The third-order valence-electron chi connectivity index (χ3n) is 3.81. The van der Waals surface area contributed by atoms with Crippen LogP contribution in [0.2, 0.25) is 0 Å². The first-order chi connectivity index (χ1) is 13.0. The van der Waals surface area contributed by atoms with Crippen molar-refractivity contribution < 1.29 is 19.1 Å². The van der Waals surface area contributed by atoms with E-state index < -0.39 is 11.6 Å². The zero-order chi connectivity index (χ0) is 19.4. The molecule has 0 spiro atoms. The summed E-state index contributed by atoms with van der Waals surface area (Å²) in [6.07, 6.45) is 1.25. The summed E-state index contributed by atoms with van der Waals surface area (Å²) in [6.45, 7) is 4.28. The molecule has 3 aromatic rings. The molecule has 0 unspecified atom stereocenters. The minimum Gasteiger partial charge on any atom is -0.506 e. The fourth-order valence-electron chi connectivity index (χ4n) is 2.41. The molecule has 0 aliphatic carbocycles. The van der Waals surface area contributed by atoms with Gasteiger partial charge in [0.2, 0.25) is 0 Å². The number of aliphatic imine (C=N–C) groups is 1. The summed E-state index contributed by atoms with van der Waals surface area (Å²) in [5.41, 5.74) is 0.532. The van der Waals surface area contributed by atoms with Gasteiger partial charge in [0.25, 0.3) is 0 Å². The van der Waals surface area contributed by atoms with Crippen LogP contribution in [0.3, 0.4) is 0 Å². The molecule has 1 heterocycles. The van der Waals surface area contributed by atoms with Gasteiger partial charge in [0.1, 0.15) is 16.9 Å². The number of ether oxygens (including phenoxy) is 1. The average Bonchev–Trinajstić information content (AvgIpc) is 2.66. The fraction of sp³-hybridized carbons (Fsp3) is 0.190. The Morgan fingerprint density at radius 3 is 2.59 bits per heavy atom. The smallest absolute Gasteiger partial charge is 0.348 e. The van der Waals surface area contributed by atoms with Crippen molar-refractivity contribution in [3.05, 3.63) is 70.1 Å². The lowest BCUT2D eigenvalue weighted by Crippen LogP contribution is -2.09. The number of para-hydroxylation sites is 1. The van der Waals surface area contributed by atoms with Crippen LogP contribution in [-0.4, -0.2) is 23.9 Å². The quantitative estimate of drug-likeness (QED) is 0.418. The number of hydrogen-bond acceptors (Lipinski definition) is 6. The van der Waals surface area contributed by atoms with Gasteiger partial charge in [-0.2, -0.15) is 0 Å². The molecule has 0 saturated carbocycles. The summed E-state index contributed by atoms with van der Waals surface area (Å²) in [4.78, 5) is 28.2. The van der Waals surface area contributed by atoms with Gasteiger partial charge in [-0.05, 0) is 42.3 Å². The van der Waals surface area contributed by atoms with Gasteiger partial charge in [0, 0.05) is 6.21 Å². The number of fused-ring (bicyclic) bond motifs is 1. The molecule has 3 rings (SSSR count). The third-order valence-corrected chi connectivity index (χ3v) is 3.81. The topological polar surface area (TPSA) is 89.1 Å². The van der Waals surface area contributed by atoms with Gasteiger partial charge in [-0.25, -0.2) is 9.59 Å². The number of carbonyl (C=O) groups excluding carboxylic acids is 1. The first-order valence-corrected chi connectivity index (χ1v) is 8.52. The van der Waals surface area contributed by atoms with E-state index in [9.17, 15) is 14.7 Å². The minimum absolute atomic E-state index is 0.0332. The zero-order valence-electron chi connectivity index (χ0n) is 15.0. The second-order valence-corrected chi connectivity index (χ2v) is 6.45. The van der Waals surface area contributed by atoms with Crippen LogP contribution in [0.1, 0.15) is 29.8 Å². The molecule has 0 aliphatic heterocycles. The van der Waals surface area contributed by atoms with Crippen LogP contribution in [0.25, 0.3) is 11.0 Å². The molecular weight excluding hydrogens is 346 g/mol. The molecule has 0 aliphatic rings. The molecule has 0 amide bonds. The Labute approximate surface area is 155 Å². The molecule has 2 aromatic carbocycles. The number of carbonyl (C=O) groups is 1. The fourth-order valence-corrected chi connectivity index (χ4v) is 2.41. The molecule has 0 atom stereocenters. The van der Waals surface area contributed by atoms with Gasteiger partial charge in [-0.15, -0.1) is 0 Å². The van der Waals surface area contributed by atoms with E-state index in [1.165, 1.54) is 6.21 Å². The van der Waals surface area contributed by atoms with Gasteiger partial charge in [0.05, 0.1) is 23.2 Å². The van der Waals surface area contributed by atoms with Crippen LogP contribution in [0.5, 0.6) is 5.75 Å². The van der Waals surface area contributed by atoms with Gasteiger partial charge in [-0.3, -0.25) is 4.99 Å². The van der Waals surface area contributed by atoms with Crippen LogP contribution in [0, 0.1) is 5.92 Å². The molecule has 0 radical (unpaired) electrons. The van der Waals surface area contributed by atoms with Gasteiger partial charge < -0.3 is 14.3 Å². The van der Waals surface area contributed by atoms with Crippen molar-refractivity contribution in [3.63, 3.8) is 0 Å². The second-order valence-electron chi connectivity index (χ2n) is 6.45.